The molecular formula is C12H16N2O6S. The fourth-order valence-corrected chi connectivity index (χ4v) is 3.11. The Bertz CT molecular complexity index is 624. The molecule has 0 fully saturated rings. The summed E-state index contributed by atoms with van der Waals surface area (Å²) >= 11 is 0. The molecule has 21 heavy (non-hydrogen) atoms. The summed E-state index contributed by atoms with van der Waals surface area (Å²) in [5.74, 6) is -2.10. The average Bonchev–Trinajstić information content (AvgIpc) is 2.35. The number of aliphatic carboxylic acids is 1. The van der Waals surface area contributed by atoms with Gasteiger partial charge in [0.2, 0.25) is 10.0 Å². The SMILES string of the molecule is CC(C)C(NS(=O)(=O)Cc1ccc([N+](=O)[O-])cc1)C(=O)O. The Kier molecular flexibility index (Phi) is 5.39. The summed E-state index contributed by atoms with van der Waals surface area (Å²) in [6, 6.07) is 3.82. The van der Waals surface area contributed by atoms with Crippen LogP contribution in [-0.2, 0) is 20.6 Å². The normalized spacial score (nSPS) is 13.1. The molecule has 8 nitrogen and oxygen atoms in total. The van der Waals surface area contributed by atoms with Crippen molar-refractivity contribution in [3.8, 4) is 0 Å². The maximum Gasteiger partial charge on any atom is 0.321 e. The molecule has 0 aliphatic carbocycles. The van der Waals surface area contributed by atoms with Gasteiger partial charge in [-0.25, -0.2) is 13.1 Å². The number of benzene rings is 1. The number of hydrogen-bond donors (Lipinski definition) is 2. The van der Waals surface area contributed by atoms with Crippen LogP contribution >= 0.6 is 0 Å². The molecule has 0 amide bonds. The molecule has 0 aliphatic heterocycles. The Balaban J connectivity index is 2.85. The summed E-state index contributed by atoms with van der Waals surface area (Å²) in [5.41, 5.74) is 0.190. The molecule has 0 bridgehead atoms. The van der Waals surface area contributed by atoms with Gasteiger partial charge in [0, 0.05) is 12.1 Å². The van der Waals surface area contributed by atoms with Gasteiger partial charge in [0.15, 0.2) is 0 Å². The molecule has 1 aromatic rings. The minimum absolute atomic E-state index is 0.144. The van der Waals surface area contributed by atoms with Crippen molar-refractivity contribution in [1.82, 2.24) is 4.72 Å². The van der Waals surface area contributed by atoms with Crippen molar-refractivity contribution in [2.45, 2.75) is 25.6 Å². The molecule has 2 N–H and O–H groups in total. The number of nitro groups is 1. The molecule has 0 aromatic heterocycles. The van der Waals surface area contributed by atoms with Crippen LogP contribution < -0.4 is 4.72 Å². The van der Waals surface area contributed by atoms with Gasteiger partial charge in [0.1, 0.15) is 6.04 Å². The number of nitro benzene ring substituents is 1. The van der Waals surface area contributed by atoms with Crippen LogP contribution in [0.5, 0.6) is 0 Å². The lowest BCUT2D eigenvalue weighted by atomic mass is 10.1. The molecule has 1 aromatic carbocycles. The monoisotopic (exact) mass is 316 g/mol. The van der Waals surface area contributed by atoms with Crippen molar-refractivity contribution in [2.75, 3.05) is 0 Å². The molecule has 1 unspecified atom stereocenters. The van der Waals surface area contributed by atoms with Crippen LogP contribution in [-0.4, -0.2) is 30.5 Å². The lowest BCUT2D eigenvalue weighted by molar-refractivity contribution is -0.384. The predicted octanol–water partition coefficient (Wildman–Crippen LogP) is 1.12. The Morgan fingerprint density at radius 1 is 1.33 bits per heavy atom. The largest absolute Gasteiger partial charge is 0.480 e. The van der Waals surface area contributed by atoms with Crippen LogP contribution in [0.25, 0.3) is 0 Å². The van der Waals surface area contributed by atoms with Gasteiger partial charge >= 0.3 is 5.97 Å². The molecule has 116 valence electrons. The summed E-state index contributed by atoms with van der Waals surface area (Å²) in [6.45, 7) is 3.18. The second kappa shape index (κ2) is 6.64. The van der Waals surface area contributed by atoms with Gasteiger partial charge in [-0.05, 0) is 11.5 Å². The Morgan fingerprint density at radius 3 is 2.24 bits per heavy atom. The van der Waals surface area contributed by atoms with Crippen LogP contribution in [0.15, 0.2) is 24.3 Å². The molecule has 0 saturated carbocycles. The van der Waals surface area contributed by atoms with E-state index < -0.39 is 38.6 Å². The van der Waals surface area contributed by atoms with E-state index in [-0.39, 0.29) is 5.69 Å². The van der Waals surface area contributed by atoms with Crippen molar-refractivity contribution in [3.05, 3.63) is 39.9 Å². The number of rotatable bonds is 7. The summed E-state index contributed by atoms with van der Waals surface area (Å²) in [6.07, 6.45) is 0. The number of carbonyl (C=O) groups is 1. The number of sulfonamides is 1. The van der Waals surface area contributed by atoms with Gasteiger partial charge in [-0.1, -0.05) is 26.0 Å². The molecule has 0 radical (unpaired) electrons. The predicted molar refractivity (Wildman–Crippen MR) is 75.1 cm³/mol. The molecule has 0 spiro atoms. The average molecular weight is 316 g/mol. The Hall–Kier alpha value is -2.00. The lowest BCUT2D eigenvalue weighted by Crippen LogP contribution is -2.44. The summed E-state index contributed by atoms with van der Waals surface area (Å²) < 4.78 is 26.0. The molecule has 1 atom stereocenters. The van der Waals surface area contributed by atoms with Crippen molar-refractivity contribution in [3.63, 3.8) is 0 Å². The molecule has 0 aliphatic rings. The quantitative estimate of drug-likeness (QED) is 0.573. The van der Waals surface area contributed by atoms with Crippen molar-refractivity contribution in [1.29, 1.82) is 0 Å². The van der Waals surface area contributed by atoms with E-state index in [2.05, 4.69) is 4.72 Å². The number of non-ortho nitro benzene ring substituents is 1. The fourth-order valence-electron chi connectivity index (χ4n) is 1.64. The molecular weight excluding hydrogens is 300 g/mol. The zero-order valence-electron chi connectivity index (χ0n) is 11.5. The Labute approximate surface area is 122 Å². The first-order valence-electron chi connectivity index (χ1n) is 6.08. The molecule has 0 saturated heterocycles. The topological polar surface area (TPSA) is 127 Å². The highest BCUT2D eigenvalue weighted by molar-refractivity contribution is 7.88. The third kappa shape index (κ3) is 5.12. The number of nitrogens with zero attached hydrogens (tertiary/aromatic N) is 1. The van der Waals surface area contributed by atoms with E-state index in [4.69, 9.17) is 5.11 Å². The number of hydrogen-bond acceptors (Lipinski definition) is 5. The van der Waals surface area contributed by atoms with Crippen LogP contribution in [0.1, 0.15) is 19.4 Å². The second-order valence-corrected chi connectivity index (χ2v) is 6.61. The van der Waals surface area contributed by atoms with Crippen LogP contribution in [0.3, 0.4) is 0 Å². The van der Waals surface area contributed by atoms with E-state index in [9.17, 15) is 23.3 Å². The van der Waals surface area contributed by atoms with Gasteiger partial charge in [-0.2, -0.15) is 0 Å². The highest BCUT2D eigenvalue weighted by Gasteiger charge is 2.27. The lowest BCUT2D eigenvalue weighted by Gasteiger charge is -2.17. The summed E-state index contributed by atoms with van der Waals surface area (Å²) in [7, 11) is -3.86. The van der Waals surface area contributed by atoms with E-state index in [0.29, 0.717) is 5.56 Å². The second-order valence-electron chi connectivity index (χ2n) is 4.86. The smallest absolute Gasteiger partial charge is 0.321 e. The zero-order chi connectivity index (χ0) is 16.2. The first-order valence-corrected chi connectivity index (χ1v) is 7.74. The number of nitrogens with one attached hydrogen (secondary N) is 1. The third-order valence-corrected chi connectivity index (χ3v) is 4.07. The van der Waals surface area contributed by atoms with E-state index in [1.807, 2.05) is 0 Å². The van der Waals surface area contributed by atoms with Crippen molar-refractivity contribution < 1.29 is 23.2 Å². The van der Waals surface area contributed by atoms with E-state index in [1.165, 1.54) is 24.3 Å². The van der Waals surface area contributed by atoms with Gasteiger partial charge in [-0.3, -0.25) is 14.9 Å². The van der Waals surface area contributed by atoms with Gasteiger partial charge in [0.25, 0.3) is 5.69 Å². The first kappa shape index (κ1) is 17.1. The highest BCUT2D eigenvalue weighted by Crippen LogP contribution is 2.14. The highest BCUT2D eigenvalue weighted by atomic mass is 32.2. The van der Waals surface area contributed by atoms with Crippen LogP contribution in [0.2, 0.25) is 0 Å². The van der Waals surface area contributed by atoms with Gasteiger partial charge in [0.05, 0.1) is 10.7 Å². The van der Waals surface area contributed by atoms with E-state index in [0.717, 1.165) is 0 Å². The minimum Gasteiger partial charge on any atom is -0.480 e. The van der Waals surface area contributed by atoms with E-state index in [1.54, 1.807) is 13.8 Å². The Morgan fingerprint density at radius 2 is 1.86 bits per heavy atom. The number of carboxylic acids is 1. The minimum atomic E-state index is -3.86. The van der Waals surface area contributed by atoms with Gasteiger partial charge < -0.3 is 5.11 Å². The molecule has 9 heteroatoms. The van der Waals surface area contributed by atoms with E-state index >= 15 is 0 Å². The van der Waals surface area contributed by atoms with Crippen LogP contribution in [0.4, 0.5) is 5.69 Å². The molecule has 0 heterocycles. The maximum atomic E-state index is 11.9. The van der Waals surface area contributed by atoms with Crippen molar-refractivity contribution in [2.24, 2.45) is 5.92 Å². The summed E-state index contributed by atoms with van der Waals surface area (Å²) in [5, 5.41) is 19.5. The maximum absolute atomic E-state index is 11.9. The first-order chi connectivity index (χ1) is 9.62. The van der Waals surface area contributed by atoms with Gasteiger partial charge in [-0.15, -0.1) is 0 Å². The van der Waals surface area contributed by atoms with Crippen molar-refractivity contribution >= 4 is 21.7 Å². The third-order valence-electron chi connectivity index (χ3n) is 2.74. The fraction of sp³-hybridized carbons (Fsp3) is 0.417. The standard InChI is InChI=1S/C12H16N2O6S/c1-8(2)11(12(15)16)13-21(19,20)7-9-3-5-10(6-4-9)14(17)18/h3-6,8,11,13H,7H2,1-2H3,(H,15,16). The summed E-state index contributed by atoms with van der Waals surface area (Å²) in [4.78, 5) is 20.9. The molecule has 1 rings (SSSR count). The number of carboxylic acid groups (broad SMARTS) is 1. The zero-order valence-corrected chi connectivity index (χ0v) is 12.3. The van der Waals surface area contributed by atoms with Crippen LogP contribution in [0, 0.1) is 16.0 Å².